The maximum Gasteiger partial charge on any atom is 0.331 e. The van der Waals surface area contributed by atoms with Crippen LogP contribution < -0.4 is 0 Å². The first-order valence-electron chi connectivity index (χ1n) is 1.68. The largest absolute Gasteiger partial charge is 0.478 e. The van der Waals surface area contributed by atoms with Crippen molar-refractivity contribution in [2.45, 2.75) is 6.92 Å². The molecule has 0 fully saturated rings. The normalized spacial score (nSPS) is 11.4. The van der Waals surface area contributed by atoms with E-state index in [2.05, 4.69) is 15.9 Å². The van der Waals surface area contributed by atoms with Crippen molar-refractivity contribution in [3.8, 4) is 0 Å². The van der Waals surface area contributed by atoms with E-state index >= 15 is 0 Å². The summed E-state index contributed by atoms with van der Waals surface area (Å²) in [6, 6.07) is 0. The van der Waals surface area contributed by atoms with Crippen LogP contribution in [0.15, 0.2) is 10.6 Å². The predicted octanol–water partition coefficient (Wildman–Crippen LogP) is 1.37. The second kappa shape index (κ2) is 2.80. The Hall–Kier alpha value is -0.310. The van der Waals surface area contributed by atoms with Crippen LogP contribution in [0.1, 0.15) is 6.92 Å². The minimum absolute atomic E-state index is 0.306. The Labute approximate surface area is 50.0 Å². The van der Waals surface area contributed by atoms with Crippen LogP contribution in [-0.4, -0.2) is 11.1 Å². The fourth-order valence-electron chi connectivity index (χ4n) is 0.0467. The van der Waals surface area contributed by atoms with Crippen molar-refractivity contribution in [2.75, 3.05) is 0 Å². The molecule has 0 aromatic carbocycles. The Kier molecular flexibility index (Phi) is 2.67. The molecule has 0 saturated carbocycles. The molecule has 3 heteroatoms. The lowest BCUT2D eigenvalue weighted by molar-refractivity contribution is -0.132. The number of carbonyl (C=O) groups is 1. The Morgan fingerprint density at radius 2 is 2.29 bits per heavy atom. The molecular formula is C4H5BrO2. The second-order valence-corrected chi connectivity index (χ2v) is 1.56. The first-order chi connectivity index (χ1) is 3.18. The molecule has 0 aliphatic heterocycles. The summed E-state index contributed by atoms with van der Waals surface area (Å²) in [6.07, 6.45) is 0. The van der Waals surface area contributed by atoms with Crippen molar-refractivity contribution in [3.05, 3.63) is 10.6 Å². The maximum absolute atomic E-state index is 9.83. The summed E-state index contributed by atoms with van der Waals surface area (Å²) in [6.45, 7) is 1.51. The molecule has 0 amide bonds. The van der Waals surface area contributed by atoms with Crippen molar-refractivity contribution in [2.24, 2.45) is 0 Å². The van der Waals surface area contributed by atoms with E-state index in [1.165, 1.54) is 11.9 Å². The van der Waals surface area contributed by atoms with Crippen molar-refractivity contribution in [3.63, 3.8) is 0 Å². The van der Waals surface area contributed by atoms with Gasteiger partial charge in [0.25, 0.3) is 0 Å². The molecule has 2 nitrogen and oxygen atoms in total. The van der Waals surface area contributed by atoms with Crippen molar-refractivity contribution < 1.29 is 9.90 Å². The molecule has 0 heterocycles. The molecule has 0 aromatic rings. The third kappa shape index (κ3) is 2.39. The standard InChI is InChI=1S/C4H5BrO2/c1-3(2-5)4(6)7/h2H,1H3,(H,6,7)/b3-2-. The Morgan fingerprint density at radius 1 is 1.86 bits per heavy atom. The van der Waals surface area contributed by atoms with E-state index in [-0.39, 0.29) is 0 Å². The number of carboxylic acid groups (broad SMARTS) is 1. The maximum atomic E-state index is 9.83. The Morgan fingerprint density at radius 3 is 2.29 bits per heavy atom. The van der Waals surface area contributed by atoms with E-state index in [9.17, 15) is 4.79 Å². The SMILES string of the molecule is C/C(=C/Br)C(=O)O. The molecule has 0 aliphatic carbocycles. The van der Waals surface area contributed by atoms with Crippen LogP contribution in [-0.2, 0) is 4.79 Å². The zero-order valence-corrected chi connectivity index (χ0v) is 5.40. The number of halogens is 1. The van der Waals surface area contributed by atoms with Crippen molar-refractivity contribution in [1.82, 2.24) is 0 Å². The molecule has 0 saturated heterocycles. The van der Waals surface area contributed by atoms with Gasteiger partial charge in [0.15, 0.2) is 0 Å². The van der Waals surface area contributed by atoms with Gasteiger partial charge in [0.2, 0.25) is 0 Å². The Bertz CT molecular complexity index is 106. The molecule has 40 valence electrons. The summed E-state index contributed by atoms with van der Waals surface area (Å²) in [5.41, 5.74) is 0.306. The van der Waals surface area contributed by atoms with E-state index in [0.717, 1.165) is 0 Å². The lowest BCUT2D eigenvalue weighted by Gasteiger charge is -1.83. The monoisotopic (exact) mass is 164 g/mol. The molecule has 0 radical (unpaired) electrons. The third-order valence-corrected chi connectivity index (χ3v) is 1.19. The molecule has 1 N–H and O–H groups in total. The average molecular weight is 165 g/mol. The van der Waals surface area contributed by atoms with Crippen LogP contribution in [0.25, 0.3) is 0 Å². The zero-order valence-electron chi connectivity index (χ0n) is 3.81. The summed E-state index contributed by atoms with van der Waals surface area (Å²) >= 11 is 2.87. The minimum atomic E-state index is -0.892. The quantitative estimate of drug-likeness (QED) is 0.595. The van der Waals surface area contributed by atoms with Gasteiger partial charge in [-0.2, -0.15) is 0 Å². The summed E-state index contributed by atoms with van der Waals surface area (Å²) < 4.78 is 0. The first kappa shape index (κ1) is 6.69. The second-order valence-electron chi connectivity index (χ2n) is 1.10. The molecule has 0 bridgehead atoms. The van der Waals surface area contributed by atoms with Crippen LogP contribution in [0.4, 0.5) is 0 Å². The fraction of sp³-hybridized carbons (Fsp3) is 0.250. The molecule has 0 aromatic heterocycles. The van der Waals surface area contributed by atoms with Crippen molar-refractivity contribution >= 4 is 21.9 Å². The van der Waals surface area contributed by atoms with E-state index in [0.29, 0.717) is 5.57 Å². The van der Waals surface area contributed by atoms with E-state index in [4.69, 9.17) is 5.11 Å². The molecule has 0 spiro atoms. The minimum Gasteiger partial charge on any atom is -0.478 e. The van der Waals surface area contributed by atoms with Gasteiger partial charge in [0.1, 0.15) is 0 Å². The van der Waals surface area contributed by atoms with Gasteiger partial charge in [-0.05, 0) is 11.9 Å². The van der Waals surface area contributed by atoms with E-state index in [1.807, 2.05) is 0 Å². The highest BCUT2D eigenvalue weighted by atomic mass is 79.9. The van der Waals surface area contributed by atoms with Gasteiger partial charge in [-0.15, -0.1) is 0 Å². The summed E-state index contributed by atoms with van der Waals surface area (Å²) in [7, 11) is 0. The van der Waals surface area contributed by atoms with Gasteiger partial charge in [-0.3, -0.25) is 0 Å². The highest BCUT2D eigenvalue weighted by molar-refractivity contribution is 9.11. The van der Waals surface area contributed by atoms with Crippen LogP contribution in [0.5, 0.6) is 0 Å². The van der Waals surface area contributed by atoms with E-state index in [1.54, 1.807) is 0 Å². The lowest BCUT2D eigenvalue weighted by Crippen LogP contribution is -1.93. The van der Waals surface area contributed by atoms with Crippen molar-refractivity contribution in [1.29, 1.82) is 0 Å². The smallest absolute Gasteiger partial charge is 0.331 e. The molecule has 0 atom stereocenters. The third-order valence-electron chi connectivity index (χ3n) is 0.501. The highest BCUT2D eigenvalue weighted by Crippen LogP contribution is 1.94. The van der Waals surface area contributed by atoms with Gasteiger partial charge in [0, 0.05) is 5.57 Å². The van der Waals surface area contributed by atoms with Crippen LogP contribution in [0.2, 0.25) is 0 Å². The molecule has 7 heavy (non-hydrogen) atoms. The predicted molar refractivity (Wildman–Crippen MR) is 30.3 cm³/mol. The number of aliphatic carboxylic acids is 1. The molecular weight excluding hydrogens is 160 g/mol. The van der Waals surface area contributed by atoms with Crippen LogP contribution in [0, 0.1) is 0 Å². The first-order valence-corrected chi connectivity index (χ1v) is 2.60. The zero-order chi connectivity index (χ0) is 5.86. The molecule has 0 rings (SSSR count). The number of hydrogen-bond acceptors (Lipinski definition) is 1. The Balaban J connectivity index is 3.82. The molecule has 0 aliphatic rings. The van der Waals surface area contributed by atoms with Gasteiger partial charge in [-0.25, -0.2) is 4.79 Å². The van der Waals surface area contributed by atoms with Gasteiger partial charge < -0.3 is 5.11 Å². The van der Waals surface area contributed by atoms with Gasteiger partial charge in [0.05, 0.1) is 0 Å². The number of carboxylic acids is 1. The summed E-state index contributed by atoms with van der Waals surface area (Å²) in [5, 5.41) is 8.08. The topological polar surface area (TPSA) is 37.3 Å². The van der Waals surface area contributed by atoms with Gasteiger partial charge >= 0.3 is 5.97 Å². The number of rotatable bonds is 1. The lowest BCUT2D eigenvalue weighted by atomic mass is 10.4. The average Bonchev–Trinajstić information content (AvgIpc) is 1.65. The van der Waals surface area contributed by atoms with Crippen LogP contribution in [0.3, 0.4) is 0 Å². The van der Waals surface area contributed by atoms with E-state index < -0.39 is 5.97 Å². The fourth-order valence-corrected chi connectivity index (χ4v) is 0.243. The summed E-state index contributed by atoms with van der Waals surface area (Å²) in [4.78, 5) is 11.2. The molecule has 0 unspecified atom stereocenters. The number of hydrogen-bond donors (Lipinski definition) is 1. The highest BCUT2D eigenvalue weighted by Gasteiger charge is 1.94. The van der Waals surface area contributed by atoms with Crippen LogP contribution >= 0.6 is 15.9 Å². The summed E-state index contributed by atoms with van der Waals surface area (Å²) in [5.74, 6) is -0.892. The van der Waals surface area contributed by atoms with Gasteiger partial charge in [-0.1, -0.05) is 15.9 Å².